The van der Waals surface area contributed by atoms with Gasteiger partial charge in [-0.05, 0) is 31.6 Å². The van der Waals surface area contributed by atoms with Gasteiger partial charge in [-0.2, -0.15) is 13.2 Å². The molecule has 0 aromatic heterocycles. The zero-order chi connectivity index (χ0) is 17.5. The molecule has 0 aliphatic carbocycles. The van der Waals surface area contributed by atoms with Gasteiger partial charge in [0.15, 0.2) is 5.96 Å². The van der Waals surface area contributed by atoms with Gasteiger partial charge in [-0.15, -0.1) is 24.0 Å². The quantitative estimate of drug-likeness (QED) is 0.273. The maximum absolute atomic E-state index is 12.4. The molecule has 1 aliphatic rings. The van der Waals surface area contributed by atoms with Crippen molar-refractivity contribution in [3.05, 3.63) is 0 Å². The molecule has 4 nitrogen and oxygen atoms in total. The molecule has 1 saturated heterocycles. The summed E-state index contributed by atoms with van der Waals surface area (Å²) in [6.45, 7) is 10.1. The fourth-order valence-corrected chi connectivity index (χ4v) is 2.66. The van der Waals surface area contributed by atoms with E-state index >= 15 is 0 Å². The maximum atomic E-state index is 12.4. The standard InChI is InChI=1S/C16H31F3N4.HI/c1-5-20-14(21-9-6-8-15(2,3)4)22-13-7-10-23(11-13)12-16(17,18)19;/h13H,5-12H2,1-4H3,(H2,20,21,22);1H. The van der Waals surface area contributed by atoms with Crippen LogP contribution in [0.2, 0.25) is 0 Å². The van der Waals surface area contributed by atoms with Crippen molar-refractivity contribution < 1.29 is 13.2 Å². The van der Waals surface area contributed by atoms with Gasteiger partial charge in [-0.3, -0.25) is 9.89 Å². The molecular formula is C16H32F3IN4. The third kappa shape index (κ3) is 11.3. The van der Waals surface area contributed by atoms with Crippen LogP contribution in [0.3, 0.4) is 0 Å². The summed E-state index contributed by atoms with van der Waals surface area (Å²) in [6.07, 6.45) is -1.31. The van der Waals surface area contributed by atoms with Crippen molar-refractivity contribution in [3.8, 4) is 0 Å². The van der Waals surface area contributed by atoms with E-state index in [1.54, 1.807) is 0 Å². The van der Waals surface area contributed by atoms with E-state index in [-0.39, 0.29) is 30.0 Å². The highest BCUT2D eigenvalue weighted by Gasteiger charge is 2.34. The summed E-state index contributed by atoms with van der Waals surface area (Å²) in [5.41, 5.74) is 0.296. The van der Waals surface area contributed by atoms with E-state index < -0.39 is 12.7 Å². The van der Waals surface area contributed by atoms with Crippen molar-refractivity contribution in [3.63, 3.8) is 0 Å². The average molecular weight is 464 g/mol. The van der Waals surface area contributed by atoms with E-state index in [0.29, 0.717) is 30.9 Å². The lowest BCUT2D eigenvalue weighted by molar-refractivity contribution is -0.143. The summed E-state index contributed by atoms with van der Waals surface area (Å²) in [5.74, 6) is 0.709. The van der Waals surface area contributed by atoms with Crippen LogP contribution in [0.25, 0.3) is 0 Å². The molecule has 0 saturated carbocycles. The van der Waals surface area contributed by atoms with Crippen LogP contribution in [0.1, 0.15) is 47.0 Å². The van der Waals surface area contributed by atoms with Crippen LogP contribution in [-0.2, 0) is 0 Å². The Morgan fingerprint density at radius 3 is 2.46 bits per heavy atom. The molecular weight excluding hydrogens is 432 g/mol. The van der Waals surface area contributed by atoms with Gasteiger partial charge in [0.05, 0.1) is 6.54 Å². The molecule has 1 aliphatic heterocycles. The lowest BCUT2D eigenvalue weighted by Gasteiger charge is -2.20. The number of aliphatic imine (C=N–C) groups is 1. The van der Waals surface area contributed by atoms with Crippen LogP contribution in [0.4, 0.5) is 13.2 Å². The molecule has 2 N–H and O–H groups in total. The fourth-order valence-electron chi connectivity index (χ4n) is 2.66. The topological polar surface area (TPSA) is 39.7 Å². The van der Waals surface area contributed by atoms with Gasteiger partial charge in [-0.25, -0.2) is 0 Å². The highest BCUT2D eigenvalue weighted by atomic mass is 127. The van der Waals surface area contributed by atoms with Gasteiger partial charge in [-0.1, -0.05) is 20.8 Å². The minimum absolute atomic E-state index is 0. The monoisotopic (exact) mass is 464 g/mol. The molecule has 1 unspecified atom stereocenters. The Bertz CT molecular complexity index is 380. The molecule has 1 heterocycles. The molecule has 0 aromatic carbocycles. The smallest absolute Gasteiger partial charge is 0.357 e. The lowest BCUT2D eigenvalue weighted by Crippen LogP contribution is -2.45. The number of halogens is 4. The van der Waals surface area contributed by atoms with Crippen LogP contribution in [0.15, 0.2) is 4.99 Å². The molecule has 1 atom stereocenters. The number of nitrogens with zero attached hydrogens (tertiary/aromatic N) is 2. The molecule has 24 heavy (non-hydrogen) atoms. The highest BCUT2D eigenvalue weighted by Crippen LogP contribution is 2.21. The first kappa shape index (κ1) is 23.8. The molecule has 0 bridgehead atoms. The van der Waals surface area contributed by atoms with Gasteiger partial charge in [0.2, 0.25) is 0 Å². The van der Waals surface area contributed by atoms with E-state index in [4.69, 9.17) is 0 Å². The van der Waals surface area contributed by atoms with Crippen molar-refractivity contribution in [2.24, 2.45) is 10.4 Å². The minimum atomic E-state index is -4.12. The van der Waals surface area contributed by atoms with E-state index in [2.05, 4.69) is 36.4 Å². The van der Waals surface area contributed by atoms with Crippen LogP contribution < -0.4 is 10.6 Å². The first-order valence-electron chi connectivity index (χ1n) is 8.43. The van der Waals surface area contributed by atoms with Crippen molar-refractivity contribution in [1.82, 2.24) is 15.5 Å². The van der Waals surface area contributed by atoms with Gasteiger partial charge >= 0.3 is 6.18 Å². The summed E-state index contributed by atoms with van der Waals surface area (Å²) < 4.78 is 37.3. The van der Waals surface area contributed by atoms with Crippen LogP contribution in [0, 0.1) is 5.41 Å². The number of hydrogen-bond donors (Lipinski definition) is 2. The second-order valence-electron chi connectivity index (χ2n) is 7.41. The third-order valence-corrected chi connectivity index (χ3v) is 3.72. The number of guanidine groups is 1. The normalized spacial score (nSPS) is 20.0. The SMILES string of the molecule is CCNC(=NCCCC(C)(C)C)NC1CCN(CC(F)(F)F)C1.I. The number of rotatable bonds is 6. The number of likely N-dealkylation sites (tertiary alicyclic amines) is 1. The van der Waals surface area contributed by atoms with Crippen LogP contribution in [-0.4, -0.2) is 55.8 Å². The van der Waals surface area contributed by atoms with Gasteiger partial charge in [0.25, 0.3) is 0 Å². The Kier molecular flexibility index (Phi) is 10.6. The van der Waals surface area contributed by atoms with Gasteiger partial charge in [0, 0.05) is 32.2 Å². The Hall–Kier alpha value is -0.250. The second kappa shape index (κ2) is 10.7. The molecule has 0 spiro atoms. The van der Waals surface area contributed by atoms with E-state index in [9.17, 15) is 13.2 Å². The number of hydrogen-bond acceptors (Lipinski definition) is 2. The summed E-state index contributed by atoms with van der Waals surface area (Å²) >= 11 is 0. The van der Waals surface area contributed by atoms with Crippen LogP contribution in [0.5, 0.6) is 0 Å². The molecule has 8 heteroatoms. The molecule has 0 radical (unpaired) electrons. The van der Waals surface area contributed by atoms with Gasteiger partial charge < -0.3 is 10.6 Å². The second-order valence-corrected chi connectivity index (χ2v) is 7.41. The largest absolute Gasteiger partial charge is 0.401 e. The zero-order valence-electron chi connectivity index (χ0n) is 15.2. The highest BCUT2D eigenvalue weighted by molar-refractivity contribution is 14.0. The predicted octanol–water partition coefficient (Wildman–Crippen LogP) is 3.62. The summed E-state index contributed by atoms with van der Waals surface area (Å²) in [4.78, 5) is 5.98. The Morgan fingerprint density at radius 2 is 1.92 bits per heavy atom. The van der Waals surface area contributed by atoms with Crippen molar-refractivity contribution in [1.29, 1.82) is 0 Å². The Labute approximate surface area is 161 Å². The fraction of sp³-hybridized carbons (Fsp3) is 0.938. The summed E-state index contributed by atoms with van der Waals surface area (Å²) in [6, 6.07) is 0.0257. The Morgan fingerprint density at radius 1 is 1.25 bits per heavy atom. The van der Waals surface area contributed by atoms with E-state index in [1.807, 2.05) is 6.92 Å². The van der Waals surface area contributed by atoms with E-state index in [0.717, 1.165) is 25.9 Å². The molecule has 0 amide bonds. The molecule has 144 valence electrons. The minimum Gasteiger partial charge on any atom is -0.357 e. The van der Waals surface area contributed by atoms with Crippen molar-refractivity contribution >= 4 is 29.9 Å². The molecule has 1 rings (SSSR count). The number of nitrogens with one attached hydrogen (secondary N) is 2. The Balaban J connectivity index is 0.00000529. The lowest BCUT2D eigenvalue weighted by atomic mass is 9.91. The summed E-state index contributed by atoms with van der Waals surface area (Å²) in [5, 5.41) is 6.43. The first-order chi connectivity index (χ1) is 10.6. The van der Waals surface area contributed by atoms with E-state index in [1.165, 1.54) is 4.90 Å². The maximum Gasteiger partial charge on any atom is 0.401 e. The molecule has 0 aromatic rings. The molecule has 1 fully saturated rings. The van der Waals surface area contributed by atoms with Crippen molar-refractivity contribution in [2.75, 3.05) is 32.7 Å². The number of alkyl halides is 3. The zero-order valence-corrected chi connectivity index (χ0v) is 17.5. The van der Waals surface area contributed by atoms with Gasteiger partial charge in [0.1, 0.15) is 0 Å². The first-order valence-corrected chi connectivity index (χ1v) is 8.43. The van der Waals surface area contributed by atoms with Crippen molar-refractivity contribution in [2.45, 2.75) is 59.2 Å². The predicted molar refractivity (Wildman–Crippen MR) is 104 cm³/mol. The third-order valence-electron chi connectivity index (χ3n) is 3.72. The van der Waals surface area contributed by atoms with Crippen LogP contribution >= 0.6 is 24.0 Å². The summed E-state index contributed by atoms with van der Waals surface area (Å²) in [7, 11) is 0. The average Bonchev–Trinajstić information content (AvgIpc) is 2.78.